The summed E-state index contributed by atoms with van der Waals surface area (Å²) in [6, 6.07) is 6.08. The quantitative estimate of drug-likeness (QED) is 0.867. The summed E-state index contributed by atoms with van der Waals surface area (Å²) in [6.45, 7) is 2.91. The summed E-state index contributed by atoms with van der Waals surface area (Å²) in [4.78, 5) is 0. The van der Waals surface area contributed by atoms with E-state index in [-0.39, 0.29) is 0 Å². The molecule has 0 saturated carbocycles. The van der Waals surface area contributed by atoms with Crippen molar-refractivity contribution in [2.45, 2.75) is 13.3 Å². The van der Waals surface area contributed by atoms with Crippen molar-refractivity contribution >= 4 is 22.6 Å². The fourth-order valence-electron chi connectivity index (χ4n) is 1.51. The van der Waals surface area contributed by atoms with Gasteiger partial charge in [0.1, 0.15) is 0 Å². The Morgan fingerprint density at radius 3 is 2.94 bits per heavy atom. The average molecular weight is 343 g/mol. The lowest BCUT2D eigenvalue weighted by Gasteiger charge is -2.02. The molecule has 1 N–H and O–H groups in total. The van der Waals surface area contributed by atoms with Crippen LogP contribution in [0.1, 0.15) is 11.5 Å². The normalized spacial score (nSPS) is 10.8. The zero-order chi connectivity index (χ0) is 12.3. The van der Waals surface area contributed by atoms with Crippen LogP contribution < -0.4 is 5.32 Å². The van der Waals surface area contributed by atoms with Gasteiger partial charge in [0.15, 0.2) is 0 Å². The van der Waals surface area contributed by atoms with Crippen LogP contribution in [0.3, 0.4) is 0 Å². The molecule has 0 unspecified atom stereocenters. The Kier molecular flexibility index (Phi) is 4.11. The lowest BCUT2D eigenvalue weighted by atomic mass is 10.1. The minimum Gasteiger partial charge on any atom is -0.421 e. The van der Waals surface area contributed by atoms with E-state index >= 15 is 0 Å². The number of hydrogen-bond acceptors (Lipinski definition) is 4. The SMILES string of the molecule is CNCCc1nnc(-c2cccc(C)c2I)o1. The summed E-state index contributed by atoms with van der Waals surface area (Å²) in [6.07, 6.45) is 0.756. The summed E-state index contributed by atoms with van der Waals surface area (Å²) in [7, 11) is 1.90. The van der Waals surface area contributed by atoms with E-state index < -0.39 is 0 Å². The Morgan fingerprint density at radius 2 is 2.18 bits per heavy atom. The average Bonchev–Trinajstić information content (AvgIpc) is 2.78. The van der Waals surface area contributed by atoms with Gasteiger partial charge in [0.05, 0.1) is 5.56 Å². The molecular formula is C12H14IN3O. The third kappa shape index (κ3) is 2.84. The molecule has 1 aromatic heterocycles. The Morgan fingerprint density at radius 1 is 1.35 bits per heavy atom. The molecule has 2 aromatic rings. The van der Waals surface area contributed by atoms with Crippen molar-refractivity contribution in [1.82, 2.24) is 15.5 Å². The zero-order valence-corrected chi connectivity index (χ0v) is 12.0. The number of rotatable bonds is 4. The second-order valence-corrected chi connectivity index (χ2v) is 4.87. The highest BCUT2D eigenvalue weighted by molar-refractivity contribution is 14.1. The maximum absolute atomic E-state index is 5.64. The number of nitrogens with zero attached hydrogens (tertiary/aromatic N) is 2. The minimum absolute atomic E-state index is 0.601. The number of aryl methyl sites for hydroxylation is 1. The molecule has 0 atom stereocenters. The highest BCUT2D eigenvalue weighted by atomic mass is 127. The van der Waals surface area contributed by atoms with E-state index in [1.54, 1.807) is 0 Å². The van der Waals surface area contributed by atoms with Crippen LogP contribution in [0.25, 0.3) is 11.5 Å². The summed E-state index contributed by atoms with van der Waals surface area (Å²) in [5.41, 5.74) is 2.23. The van der Waals surface area contributed by atoms with E-state index in [2.05, 4.69) is 51.1 Å². The van der Waals surface area contributed by atoms with Gasteiger partial charge in [-0.25, -0.2) is 0 Å². The van der Waals surface area contributed by atoms with Crippen molar-refractivity contribution in [2.24, 2.45) is 0 Å². The van der Waals surface area contributed by atoms with E-state index in [1.165, 1.54) is 5.56 Å². The predicted octanol–water partition coefficient (Wildman–Crippen LogP) is 2.41. The number of benzene rings is 1. The third-order valence-corrected chi connectivity index (χ3v) is 3.91. The molecule has 17 heavy (non-hydrogen) atoms. The van der Waals surface area contributed by atoms with Crippen molar-refractivity contribution < 1.29 is 4.42 Å². The number of likely N-dealkylation sites (N-methyl/N-ethyl adjacent to an activating group) is 1. The number of hydrogen-bond donors (Lipinski definition) is 1. The summed E-state index contributed by atoms with van der Waals surface area (Å²) in [5.74, 6) is 1.27. The molecule has 0 spiro atoms. The van der Waals surface area contributed by atoms with Gasteiger partial charge in [-0.2, -0.15) is 0 Å². The smallest absolute Gasteiger partial charge is 0.248 e. The molecule has 0 radical (unpaired) electrons. The monoisotopic (exact) mass is 343 g/mol. The van der Waals surface area contributed by atoms with Crippen LogP contribution in [0, 0.1) is 10.5 Å². The Balaban J connectivity index is 2.27. The second kappa shape index (κ2) is 5.59. The van der Waals surface area contributed by atoms with Crippen molar-refractivity contribution in [3.63, 3.8) is 0 Å². The van der Waals surface area contributed by atoms with Gasteiger partial charge in [-0.1, -0.05) is 12.1 Å². The highest BCUT2D eigenvalue weighted by Gasteiger charge is 2.12. The van der Waals surface area contributed by atoms with Gasteiger partial charge < -0.3 is 9.73 Å². The van der Waals surface area contributed by atoms with Gasteiger partial charge in [0, 0.05) is 16.5 Å². The first-order valence-electron chi connectivity index (χ1n) is 5.45. The minimum atomic E-state index is 0.601. The van der Waals surface area contributed by atoms with Crippen molar-refractivity contribution in [1.29, 1.82) is 0 Å². The first-order valence-corrected chi connectivity index (χ1v) is 6.52. The highest BCUT2D eigenvalue weighted by Crippen LogP contribution is 2.26. The van der Waals surface area contributed by atoms with E-state index in [0.717, 1.165) is 22.1 Å². The van der Waals surface area contributed by atoms with Crippen LogP contribution in [-0.4, -0.2) is 23.8 Å². The Hall–Kier alpha value is -0.950. The molecule has 0 aliphatic carbocycles. The predicted molar refractivity (Wildman–Crippen MR) is 74.8 cm³/mol. The van der Waals surface area contributed by atoms with E-state index in [0.29, 0.717) is 11.8 Å². The molecular weight excluding hydrogens is 329 g/mol. The molecule has 0 fully saturated rings. The van der Waals surface area contributed by atoms with Crippen molar-refractivity contribution in [3.8, 4) is 11.5 Å². The molecule has 5 heteroatoms. The molecule has 0 aliphatic heterocycles. The van der Waals surface area contributed by atoms with Crippen molar-refractivity contribution in [2.75, 3.05) is 13.6 Å². The van der Waals surface area contributed by atoms with Crippen molar-refractivity contribution in [3.05, 3.63) is 33.2 Å². The van der Waals surface area contributed by atoms with Crippen LogP contribution in [0.2, 0.25) is 0 Å². The molecule has 90 valence electrons. The Bertz CT molecular complexity index is 510. The van der Waals surface area contributed by atoms with Gasteiger partial charge in [-0.05, 0) is 48.2 Å². The standard InChI is InChI=1S/C12H14IN3O/c1-8-4-3-5-9(11(8)13)12-16-15-10(17-12)6-7-14-2/h3-5,14H,6-7H2,1-2H3. The second-order valence-electron chi connectivity index (χ2n) is 3.79. The fourth-order valence-corrected chi connectivity index (χ4v) is 2.10. The summed E-state index contributed by atoms with van der Waals surface area (Å²) >= 11 is 2.31. The third-order valence-electron chi connectivity index (χ3n) is 2.48. The molecule has 1 heterocycles. The van der Waals surface area contributed by atoms with Gasteiger partial charge >= 0.3 is 0 Å². The van der Waals surface area contributed by atoms with Crippen LogP contribution in [-0.2, 0) is 6.42 Å². The molecule has 2 rings (SSSR count). The molecule has 4 nitrogen and oxygen atoms in total. The van der Waals surface area contributed by atoms with Gasteiger partial charge in [0.25, 0.3) is 0 Å². The van der Waals surface area contributed by atoms with E-state index in [9.17, 15) is 0 Å². The number of aromatic nitrogens is 2. The van der Waals surface area contributed by atoms with Gasteiger partial charge in [0.2, 0.25) is 11.8 Å². The van der Waals surface area contributed by atoms with Gasteiger partial charge in [-0.3, -0.25) is 0 Å². The lowest BCUT2D eigenvalue weighted by Crippen LogP contribution is -2.10. The largest absolute Gasteiger partial charge is 0.421 e. The molecule has 0 bridgehead atoms. The molecule has 0 amide bonds. The summed E-state index contributed by atoms with van der Waals surface area (Å²) < 4.78 is 6.80. The lowest BCUT2D eigenvalue weighted by molar-refractivity contribution is 0.500. The first kappa shape index (κ1) is 12.5. The number of halogens is 1. The van der Waals surface area contributed by atoms with E-state index in [4.69, 9.17) is 4.42 Å². The Labute approximate surface area is 114 Å². The zero-order valence-electron chi connectivity index (χ0n) is 9.83. The first-order chi connectivity index (χ1) is 8.22. The van der Waals surface area contributed by atoms with Crippen LogP contribution in [0.4, 0.5) is 0 Å². The van der Waals surface area contributed by atoms with Crippen LogP contribution in [0.15, 0.2) is 22.6 Å². The van der Waals surface area contributed by atoms with Gasteiger partial charge in [-0.15, -0.1) is 10.2 Å². The molecule has 0 saturated heterocycles. The maximum Gasteiger partial charge on any atom is 0.248 e. The summed E-state index contributed by atoms with van der Waals surface area (Å²) in [5, 5.41) is 11.2. The van der Waals surface area contributed by atoms with E-state index in [1.807, 2.05) is 19.2 Å². The van der Waals surface area contributed by atoms with Crippen LogP contribution in [0.5, 0.6) is 0 Å². The topological polar surface area (TPSA) is 51.0 Å². The molecule has 1 aromatic carbocycles. The fraction of sp³-hybridized carbons (Fsp3) is 0.333. The van der Waals surface area contributed by atoms with Crippen LogP contribution >= 0.6 is 22.6 Å². The number of nitrogens with one attached hydrogen (secondary N) is 1. The molecule has 0 aliphatic rings. The maximum atomic E-state index is 5.64.